The van der Waals surface area contributed by atoms with Crippen LogP contribution in [-0.4, -0.2) is 7.05 Å². The van der Waals surface area contributed by atoms with Crippen LogP contribution in [-0.2, 0) is 0 Å². The molecule has 78 valence electrons. The van der Waals surface area contributed by atoms with Crippen molar-refractivity contribution in [3.8, 4) is 0 Å². The average Bonchev–Trinajstić information content (AvgIpc) is 2.10. The van der Waals surface area contributed by atoms with Crippen LogP contribution in [0.2, 0.25) is 0 Å². The minimum atomic E-state index is -0.516. The van der Waals surface area contributed by atoms with Gasteiger partial charge in [-0.05, 0) is 25.6 Å². The highest BCUT2D eigenvalue weighted by Gasteiger charge is 2.17. The molecule has 0 amide bonds. The summed E-state index contributed by atoms with van der Waals surface area (Å²) in [5, 5.41) is 2.87. The molecule has 0 fully saturated rings. The van der Waals surface area contributed by atoms with Crippen LogP contribution in [0.1, 0.15) is 24.9 Å². The quantitative estimate of drug-likeness (QED) is 0.882. The molecule has 1 aromatic carbocycles. The molecule has 1 atom stereocenters. The van der Waals surface area contributed by atoms with E-state index >= 15 is 0 Å². The minimum Gasteiger partial charge on any atom is -0.313 e. The van der Waals surface area contributed by atoms with Gasteiger partial charge in [0.05, 0.1) is 0 Å². The van der Waals surface area contributed by atoms with Crippen molar-refractivity contribution >= 4 is 15.9 Å². The zero-order valence-electron chi connectivity index (χ0n) is 8.07. The number of hydrogen-bond donors (Lipinski definition) is 1. The summed E-state index contributed by atoms with van der Waals surface area (Å²) in [6, 6.07) is 2.28. The third kappa shape index (κ3) is 2.30. The van der Waals surface area contributed by atoms with Crippen molar-refractivity contribution in [2.24, 2.45) is 0 Å². The molecule has 1 unspecified atom stereocenters. The van der Waals surface area contributed by atoms with E-state index in [1.54, 1.807) is 7.05 Å². The van der Waals surface area contributed by atoms with Crippen molar-refractivity contribution in [1.82, 2.24) is 5.32 Å². The summed E-state index contributed by atoms with van der Waals surface area (Å²) in [5.41, 5.74) is 0.109. The van der Waals surface area contributed by atoms with E-state index in [4.69, 9.17) is 0 Å². The molecule has 1 N–H and O–H groups in total. The molecule has 0 saturated heterocycles. The van der Waals surface area contributed by atoms with Gasteiger partial charge in [-0.15, -0.1) is 0 Å². The van der Waals surface area contributed by atoms with Crippen molar-refractivity contribution in [1.29, 1.82) is 0 Å². The molecule has 1 aromatic rings. The van der Waals surface area contributed by atoms with Crippen LogP contribution in [0.4, 0.5) is 8.78 Å². The van der Waals surface area contributed by atoms with Crippen molar-refractivity contribution in [2.45, 2.75) is 19.4 Å². The fraction of sp³-hybridized carbons (Fsp3) is 0.400. The van der Waals surface area contributed by atoms with Gasteiger partial charge in [0.1, 0.15) is 11.6 Å². The third-order valence-corrected chi connectivity index (χ3v) is 2.61. The fourth-order valence-electron chi connectivity index (χ4n) is 1.44. The molecule has 0 heterocycles. The lowest BCUT2D eigenvalue weighted by atomic mass is 10.0. The molecule has 0 saturated carbocycles. The zero-order chi connectivity index (χ0) is 10.7. The van der Waals surface area contributed by atoms with E-state index < -0.39 is 11.6 Å². The maximum atomic E-state index is 13.4. The van der Waals surface area contributed by atoms with Crippen LogP contribution in [0.15, 0.2) is 16.6 Å². The molecular weight excluding hydrogens is 252 g/mol. The first-order valence-corrected chi connectivity index (χ1v) is 5.21. The fourth-order valence-corrected chi connectivity index (χ4v) is 1.84. The van der Waals surface area contributed by atoms with E-state index in [2.05, 4.69) is 21.2 Å². The molecule has 4 heteroatoms. The Balaban J connectivity index is 3.19. The number of benzene rings is 1. The van der Waals surface area contributed by atoms with Gasteiger partial charge in [0.15, 0.2) is 0 Å². The molecule has 14 heavy (non-hydrogen) atoms. The van der Waals surface area contributed by atoms with Crippen LogP contribution in [0.3, 0.4) is 0 Å². The van der Waals surface area contributed by atoms with E-state index in [-0.39, 0.29) is 11.6 Å². The lowest BCUT2D eigenvalue weighted by molar-refractivity contribution is 0.482. The normalized spacial score (nSPS) is 12.9. The first kappa shape index (κ1) is 11.6. The monoisotopic (exact) mass is 263 g/mol. The number of rotatable bonds is 3. The highest BCUT2D eigenvalue weighted by atomic mass is 79.9. The van der Waals surface area contributed by atoms with Crippen molar-refractivity contribution in [3.05, 3.63) is 33.8 Å². The van der Waals surface area contributed by atoms with Gasteiger partial charge >= 0.3 is 0 Å². The second kappa shape index (κ2) is 4.84. The molecule has 1 nitrogen and oxygen atoms in total. The van der Waals surface area contributed by atoms with Gasteiger partial charge < -0.3 is 5.32 Å². The Hall–Kier alpha value is -0.480. The molecule has 0 spiro atoms. The summed E-state index contributed by atoms with van der Waals surface area (Å²) in [5.74, 6) is -1.03. The molecule has 0 aliphatic rings. The van der Waals surface area contributed by atoms with Crippen molar-refractivity contribution < 1.29 is 8.78 Å². The summed E-state index contributed by atoms with van der Waals surface area (Å²) in [7, 11) is 1.69. The number of nitrogens with one attached hydrogen (secondary N) is 1. The van der Waals surface area contributed by atoms with Gasteiger partial charge in [-0.2, -0.15) is 0 Å². The van der Waals surface area contributed by atoms with Crippen LogP contribution >= 0.6 is 15.9 Å². The van der Waals surface area contributed by atoms with Gasteiger partial charge in [0.25, 0.3) is 0 Å². The molecule has 1 rings (SSSR count). The number of hydrogen-bond acceptors (Lipinski definition) is 1. The van der Waals surface area contributed by atoms with E-state index in [1.165, 1.54) is 12.1 Å². The summed E-state index contributed by atoms with van der Waals surface area (Å²) in [6.45, 7) is 1.88. The average molecular weight is 264 g/mol. The Kier molecular flexibility index (Phi) is 4.01. The third-order valence-electron chi connectivity index (χ3n) is 2.15. The van der Waals surface area contributed by atoms with Gasteiger partial charge in [0.2, 0.25) is 0 Å². The lowest BCUT2D eigenvalue weighted by Crippen LogP contribution is -2.18. The van der Waals surface area contributed by atoms with Gasteiger partial charge in [-0.25, -0.2) is 8.78 Å². The summed E-state index contributed by atoms with van der Waals surface area (Å²) in [4.78, 5) is 0. The molecule has 0 bridgehead atoms. The van der Waals surface area contributed by atoms with Crippen molar-refractivity contribution in [2.75, 3.05) is 7.05 Å². The second-order valence-electron chi connectivity index (χ2n) is 3.03. The van der Waals surface area contributed by atoms with E-state index in [1.807, 2.05) is 6.92 Å². The standard InChI is InChI=1S/C10H12BrF2N/c1-3-9(14-2)10-7(12)4-6(11)5-8(10)13/h4-5,9,14H,3H2,1-2H3. The maximum absolute atomic E-state index is 13.4. The Labute approximate surface area is 90.6 Å². The summed E-state index contributed by atoms with van der Waals surface area (Å²) >= 11 is 3.04. The van der Waals surface area contributed by atoms with Crippen LogP contribution in [0, 0.1) is 11.6 Å². The number of halogens is 3. The Bertz CT molecular complexity index is 301. The lowest BCUT2D eigenvalue weighted by Gasteiger charge is -2.16. The molecule has 0 aliphatic heterocycles. The van der Waals surface area contributed by atoms with Gasteiger partial charge in [-0.3, -0.25) is 0 Å². The SMILES string of the molecule is CCC(NC)c1c(F)cc(Br)cc1F. The molecule has 0 aliphatic carbocycles. The first-order valence-electron chi connectivity index (χ1n) is 4.41. The van der Waals surface area contributed by atoms with Crippen molar-refractivity contribution in [3.63, 3.8) is 0 Å². The summed E-state index contributed by atoms with van der Waals surface area (Å²) in [6.07, 6.45) is 0.645. The molecule has 0 radical (unpaired) electrons. The largest absolute Gasteiger partial charge is 0.313 e. The van der Waals surface area contributed by atoms with E-state index in [0.717, 1.165) is 0 Å². The predicted octanol–water partition coefficient (Wildman–Crippen LogP) is 3.40. The zero-order valence-corrected chi connectivity index (χ0v) is 9.66. The van der Waals surface area contributed by atoms with E-state index in [0.29, 0.717) is 10.9 Å². The minimum absolute atomic E-state index is 0.109. The highest BCUT2D eigenvalue weighted by molar-refractivity contribution is 9.10. The highest BCUT2D eigenvalue weighted by Crippen LogP contribution is 2.26. The van der Waals surface area contributed by atoms with E-state index in [9.17, 15) is 8.78 Å². The van der Waals surface area contributed by atoms with Crippen LogP contribution in [0.5, 0.6) is 0 Å². The molecular formula is C10H12BrF2N. The Morgan fingerprint density at radius 3 is 2.21 bits per heavy atom. The van der Waals surface area contributed by atoms with Gasteiger partial charge in [-0.1, -0.05) is 22.9 Å². The van der Waals surface area contributed by atoms with Gasteiger partial charge in [0, 0.05) is 16.1 Å². The van der Waals surface area contributed by atoms with Crippen LogP contribution < -0.4 is 5.32 Å². The Morgan fingerprint density at radius 2 is 1.86 bits per heavy atom. The Morgan fingerprint density at radius 1 is 1.36 bits per heavy atom. The maximum Gasteiger partial charge on any atom is 0.132 e. The second-order valence-corrected chi connectivity index (χ2v) is 3.95. The molecule has 0 aromatic heterocycles. The summed E-state index contributed by atoms with van der Waals surface area (Å²) < 4.78 is 27.3. The first-order chi connectivity index (χ1) is 6.60. The predicted molar refractivity (Wildman–Crippen MR) is 56.1 cm³/mol. The van der Waals surface area contributed by atoms with Crippen LogP contribution in [0.25, 0.3) is 0 Å². The topological polar surface area (TPSA) is 12.0 Å². The smallest absolute Gasteiger partial charge is 0.132 e.